The number of benzene rings is 1. The first-order valence-electron chi connectivity index (χ1n) is 6.32. The van der Waals surface area contributed by atoms with Crippen molar-refractivity contribution in [3.8, 4) is 0 Å². The minimum absolute atomic E-state index is 0.0830. The number of nitrogens with two attached hydrogens (primary N) is 1. The van der Waals surface area contributed by atoms with Crippen LogP contribution in [0.3, 0.4) is 0 Å². The van der Waals surface area contributed by atoms with Gasteiger partial charge in [-0.3, -0.25) is 0 Å². The van der Waals surface area contributed by atoms with Crippen molar-refractivity contribution < 1.29 is 0 Å². The molecule has 0 bridgehead atoms. The molecule has 1 aliphatic rings. The first kappa shape index (κ1) is 12.6. The summed E-state index contributed by atoms with van der Waals surface area (Å²) in [6.07, 6.45) is 2.13. The molecule has 0 radical (unpaired) electrons. The minimum Gasteiger partial charge on any atom is -0.329 e. The lowest BCUT2D eigenvalue weighted by molar-refractivity contribution is 0.315. The second kappa shape index (κ2) is 5.17. The van der Waals surface area contributed by atoms with E-state index in [0.717, 1.165) is 25.9 Å². The van der Waals surface area contributed by atoms with Gasteiger partial charge >= 0.3 is 0 Å². The summed E-state index contributed by atoms with van der Waals surface area (Å²) in [5.41, 5.74) is 8.98. The quantitative estimate of drug-likeness (QED) is 0.784. The second-order valence-electron chi connectivity index (χ2n) is 5.34. The number of nitrogens with one attached hydrogen (secondary N) is 1. The molecule has 94 valence electrons. The van der Waals surface area contributed by atoms with Crippen molar-refractivity contribution in [2.45, 2.75) is 18.4 Å². The molecule has 0 aromatic heterocycles. The average molecular weight is 233 g/mol. The van der Waals surface area contributed by atoms with E-state index in [9.17, 15) is 0 Å². The SMILES string of the molecule is CN(C)CCNC1(CN)Cc2ccccc2C1. The Labute approximate surface area is 104 Å². The molecule has 3 nitrogen and oxygen atoms in total. The van der Waals surface area contributed by atoms with Crippen LogP contribution < -0.4 is 11.1 Å². The molecule has 0 unspecified atom stereocenters. The van der Waals surface area contributed by atoms with Gasteiger partial charge in [0.1, 0.15) is 0 Å². The maximum absolute atomic E-state index is 5.99. The Morgan fingerprint density at radius 1 is 1.24 bits per heavy atom. The van der Waals surface area contributed by atoms with E-state index in [-0.39, 0.29) is 5.54 Å². The standard InChI is InChI=1S/C14H23N3/c1-17(2)8-7-16-14(11-15)9-12-5-3-4-6-13(12)10-14/h3-6,16H,7-11,15H2,1-2H3. The largest absolute Gasteiger partial charge is 0.329 e. The molecule has 0 fully saturated rings. The molecule has 0 heterocycles. The third-order valence-corrected chi connectivity index (χ3v) is 3.63. The van der Waals surface area contributed by atoms with Gasteiger partial charge in [0.25, 0.3) is 0 Å². The zero-order chi connectivity index (χ0) is 12.3. The predicted molar refractivity (Wildman–Crippen MR) is 72.2 cm³/mol. The van der Waals surface area contributed by atoms with Crippen LogP contribution in [0, 0.1) is 0 Å². The third kappa shape index (κ3) is 2.86. The van der Waals surface area contributed by atoms with E-state index in [1.165, 1.54) is 11.1 Å². The lowest BCUT2D eigenvalue weighted by atomic mass is 9.96. The molecule has 0 saturated carbocycles. The highest BCUT2D eigenvalue weighted by Crippen LogP contribution is 2.29. The minimum atomic E-state index is 0.0830. The summed E-state index contributed by atoms with van der Waals surface area (Å²) in [4.78, 5) is 2.19. The zero-order valence-corrected chi connectivity index (χ0v) is 10.9. The van der Waals surface area contributed by atoms with Crippen LogP contribution in [0.4, 0.5) is 0 Å². The maximum Gasteiger partial charge on any atom is 0.0385 e. The van der Waals surface area contributed by atoms with Crippen molar-refractivity contribution in [2.75, 3.05) is 33.7 Å². The van der Waals surface area contributed by atoms with Crippen molar-refractivity contribution in [3.63, 3.8) is 0 Å². The summed E-state index contributed by atoms with van der Waals surface area (Å²) in [6, 6.07) is 8.68. The van der Waals surface area contributed by atoms with Gasteiger partial charge in [0, 0.05) is 25.2 Å². The zero-order valence-electron chi connectivity index (χ0n) is 10.9. The van der Waals surface area contributed by atoms with Gasteiger partial charge in [0.15, 0.2) is 0 Å². The first-order chi connectivity index (χ1) is 8.15. The van der Waals surface area contributed by atoms with Gasteiger partial charge in [-0.25, -0.2) is 0 Å². The molecular formula is C14H23N3. The third-order valence-electron chi connectivity index (χ3n) is 3.63. The molecule has 1 aliphatic carbocycles. The van der Waals surface area contributed by atoms with E-state index in [4.69, 9.17) is 5.73 Å². The highest BCUT2D eigenvalue weighted by molar-refractivity contribution is 5.36. The van der Waals surface area contributed by atoms with Gasteiger partial charge in [0.05, 0.1) is 0 Å². The molecule has 0 spiro atoms. The van der Waals surface area contributed by atoms with Crippen LogP contribution in [0.1, 0.15) is 11.1 Å². The lowest BCUT2D eigenvalue weighted by Crippen LogP contribution is -2.53. The molecule has 0 saturated heterocycles. The Kier molecular flexibility index (Phi) is 3.82. The summed E-state index contributed by atoms with van der Waals surface area (Å²) in [5.74, 6) is 0. The van der Waals surface area contributed by atoms with Crippen molar-refractivity contribution in [1.82, 2.24) is 10.2 Å². The van der Waals surface area contributed by atoms with Gasteiger partial charge in [-0.15, -0.1) is 0 Å². The van der Waals surface area contributed by atoms with Gasteiger partial charge in [-0.1, -0.05) is 24.3 Å². The van der Waals surface area contributed by atoms with Crippen molar-refractivity contribution in [2.24, 2.45) is 5.73 Å². The fraction of sp³-hybridized carbons (Fsp3) is 0.571. The van der Waals surface area contributed by atoms with Crippen LogP contribution in [0.15, 0.2) is 24.3 Å². The molecule has 3 heteroatoms. The number of hydrogen-bond donors (Lipinski definition) is 2. The van der Waals surface area contributed by atoms with Crippen LogP contribution in [-0.4, -0.2) is 44.2 Å². The molecule has 0 amide bonds. The van der Waals surface area contributed by atoms with E-state index in [0.29, 0.717) is 6.54 Å². The molecular weight excluding hydrogens is 210 g/mol. The highest BCUT2D eigenvalue weighted by Gasteiger charge is 2.35. The topological polar surface area (TPSA) is 41.3 Å². The molecule has 2 rings (SSSR count). The molecule has 1 aromatic carbocycles. The van der Waals surface area contributed by atoms with E-state index in [1.807, 2.05) is 0 Å². The summed E-state index contributed by atoms with van der Waals surface area (Å²) < 4.78 is 0. The number of likely N-dealkylation sites (N-methyl/N-ethyl adjacent to an activating group) is 1. The predicted octanol–water partition coefficient (Wildman–Crippen LogP) is 0.634. The van der Waals surface area contributed by atoms with E-state index < -0.39 is 0 Å². The smallest absolute Gasteiger partial charge is 0.0385 e. The Bertz CT molecular complexity index is 348. The summed E-state index contributed by atoms with van der Waals surface area (Å²) in [7, 11) is 4.19. The summed E-state index contributed by atoms with van der Waals surface area (Å²) in [5, 5.41) is 3.66. The highest BCUT2D eigenvalue weighted by atomic mass is 15.1. The summed E-state index contributed by atoms with van der Waals surface area (Å²) >= 11 is 0. The number of hydrogen-bond acceptors (Lipinski definition) is 3. The Morgan fingerprint density at radius 3 is 2.29 bits per heavy atom. The van der Waals surface area contributed by atoms with E-state index >= 15 is 0 Å². The molecule has 3 N–H and O–H groups in total. The number of nitrogens with zero attached hydrogens (tertiary/aromatic N) is 1. The van der Waals surface area contributed by atoms with Crippen LogP contribution >= 0.6 is 0 Å². The number of fused-ring (bicyclic) bond motifs is 1. The molecule has 0 atom stereocenters. The first-order valence-corrected chi connectivity index (χ1v) is 6.32. The average Bonchev–Trinajstić information content (AvgIpc) is 2.67. The van der Waals surface area contributed by atoms with E-state index in [2.05, 4.69) is 48.6 Å². The van der Waals surface area contributed by atoms with Crippen LogP contribution in [0.25, 0.3) is 0 Å². The lowest BCUT2D eigenvalue weighted by Gasteiger charge is -2.29. The Hall–Kier alpha value is -0.900. The van der Waals surface area contributed by atoms with Crippen molar-refractivity contribution in [3.05, 3.63) is 35.4 Å². The monoisotopic (exact) mass is 233 g/mol. The van der Waals surface area contributed by atoms with Crippen LogP contribution in [-0.2, 0) is 12.8 Å². The normalized spacial score (nSPS) is 17.4. The second-order valence-corrected chi connectivity index (χ2v) is 5.34. The maximum atomic E-state index is 5.99. The molecule has 17 heavy (non-hydrogen) atoms. The van der Waals surface area contributed by atoms with E-state index in [1.54, 1.807) is 0 Å². The summed E-state index contributed by atoms with van der Waals surface area (Å²) in [6.45, 7) is 2.76. The molecule has 0 aliphatic heterocycles. The molecule has 1 aromatic rings. The fourth-order valence-corrected chi connectivity index (χ4v) is 2.58. The van der Waals surface area contributed by atoms with Gasteiger partial charge in [0.2, 0.25) is 0 Å². The Balaban J connectivity index is 1.99. The van der Waals surface area contributed by atoms with Gasteiger partial charge < -0.3 is 16.0 Å². The van der Waals surface area contributed by atoms with Gasteiger partial charge in [-0.05, 0) is 38.1 Å². The van der Waals surface area contributed by atoms with Crippen LogP contribution in [0.5, 0.6) is 0 Å². The van der Waals surface area contributed by atoms with Crippen LogP contribution in [0.2, 0.25) is 0 Å². The van der Waals surface area contributed by atoms with Gasteiger partial charge in [-0.2, -0.15) is 0 Å². The van der Waals surface area contributed by atoms with Crippen molar-refractivity contribution >= 4 is 0 Å². The Morgan fingerprint density at radius 2 is 1.82 bits per heavy atom. The van der Waals surface area contributed by atoms with Crippen molar-refractivity contribution in [1.29, 1.82) is 0 Å². The number of rotatable bonds is 5. The fourth-order valence-electron chi connectivity index (χ4n) is 2.58.